The highest BCUT2D eigenvalue weighted by molar-refractivity contribution is 5.95. The number of aliphatic hydroxyl groups is 1. The Morgan fingerprint density at radius 1 is 1.25 bits per heavy atom. The van der Waals surface area contributed by atoms with E-state index in [0.29, 0.717) is 18.8 Å². The first-order valence-corrected chi connectivity index (χ1v) is 7.56. The third-order valence-electron chi connectivity index (χ3n) is 4.31. The quantitative estimate of drug-likeness (QED) is 0.623. The summed E-state index contributed by atoms with van der Waals surface area (Å²) in [5.41, 5.74) is -0.679. The first kappa shape index (κ1) is 17.2. The predicted octanol–water partition coefficient (Wildman–Crippen LogP) is 2.87. The topological polar surface area (TPSA) is 63.6 Å². The lowest BCUT2D eigenvalue weighted by molar-refractivity contribution is -0.146. The van der Waals surface area contributed by atoms with Gasteiger partial charge in [0.2, 0.25) is 0 Å². The Labute approximate surface area is 121 Å². The Morgan fingerprint density at radius 2 is 1.80 bits per heavy atom. The second-order valence-electron chi connectivity index (χ2n) is 7.06. The minimum atomic E-state index is -0.925. The first-order chi connectivity index (χ1) is 9.16. The Kier molecular flexibility index (Phi) is 5.75. The van der Waals surface area contributed by atoms with Crippen molar-refractivity contribution < 1.29 is 19.4 Å². The van der Waals surface area contributed by atoms with Gasteiger partial charge in [-0.1, -0.05) is 20.8 Å². The van der Waals surface area contributed by atoms with Crippen LogP contribution < -0.4 is 0 Å². The molecule has 4 heteroatoms. The van der Waals surface area contributed by atoms with Gasteiger partial charge in [0.25, 0.3) is 0 Å². The average Bonchev–Trinajstić information content (AvgIpc) is 2.27. The van der Waals surface area contributed by atoms with Crippen molar-refractivity contribution in [1.29, 1.82) is 0 Å². The van der Waals surface area contributed by atoms with Crippen LogP contribution in [0.3, 0.4) is 0 Å². The summed E-state index contributed by atoms with van der Waals surface area (Å²) in [5.74, 6) is -0.132. The fraction of sp³-hybridized carbons (Fsp3) is 0.875. The summed E-state index contributed by atoms with van der Waals surface area (Å²) in [4.78, 5) is 23.1. The lowest BCUT2D eigenvalue weighted by Crippen LogP contribution is -2.39. The van der Waals surface area contributed by atoms with Crippen LogP contribution in [0, 0.1) is 11.3 Å². The van der Waals surface area contributed by atoms with Gasteiger partial charge in [-0.15, -0.1) is 0 Å². The van der Waals surface area contributed by atoms with Crippen molar-refractivity contribution in [3.05, 3.63) is 0 Å². The fourth-order valence-electron chi connectivity index (χ4n) is 3.00. The van der Waals surface area contributed by atoms with Gasteiger partial charge in [0.05, 0.1) is 12.2 Å². The molecule has 0 radical (unpaired) electrons. The molecule has 1 aliphatic rings. The maximum Gasteiger partial charge on any atom is 0.313 e. The van der Waals surface area contributed by atoms with E-state index in [4.69, 9.17) is 4.74 Å². The van der Waals surface area contributed by atoms with E-state index in [1.54, 1.807) is 6.92 Å². The Bertz CT molecular complexity index is 346. The molecule has 0 saturated heterocycles. The van der Waals surface area contributed by atoms with Crippen LogP contribution in [0.25, 0.3) is 0 Å². The lowest BCUT2D eigenvalue weighted by Gasteiger charge is -2.41. The Hall–Kier alpha value is -0.900. The highest BCUT2D eigenvalue weighted by Gasteiger charge is 2.38. The Morgan fingerprint density at radius 3 is 2.25 bits per heavy atom. The van der Waals surface area contributed by atoms with Gasteiger partial charge in [-0.2, -0.15) is 0 Å². The zero-order chi connectivity index (χ0) is 15.4. The van der Waals surface area contributed by atoms with E-state index in [0.717, 1.165) is 12.8 Å². The summed E-state index contributed by atoms with van der Waals surface area (Å²) in [6, 6.07) is 0. The number of ketones is 1. The number of carbonyl (C=O) groups excluding carboxylic acids is 2. The molecule has 1 N–H and O–H groups in total. The number of esters is 1. The molecule has 0 bridgehead atoms. The van der Waals surface area contributed by atoms with Gasteiger partial charge in [0, 0.05) is 6.42 Å². The second-order valence-corrected chi connectivity index (χ2v) is 7.06. The number of hydrogen-bond acceptors (Lipinski definition) is 4. The van der Waals surface area contributed by atoms with Crippen LogP contribution >= 0.6 is 0 Å². The maximum absolute atomic E-state index is 11.8. The van der Waals surface area contributed by atoms with Crippen LogP contribution in [0.1, 0.15) is 66.2 Å². The van der Waals surface area contributed by atoms with Crippen molar-refractivity contribution in [2.24, 2.45) is 11.3 Å². The monoisotopic (exact) mass is 284 g/mol. The molecule has 0 spiro atoms. The number of rotatable bonds is 5. The van der Waals surface area contributed by atoms with E-state index < -0.39 is 11.6 Å². The smallest absolute Gasteiger partial charge is 0.313 e. The van der Waals surface area contributed by atoms with Crippen LogP contribution in [-0.4, -0.2) is 29.1 Å². The van der Waals surface area contributed by atoms with E-state index >= 15 is 0 Å². The first-order valence-electron chi connectivity index (χ1n) is 7.56. The summed E-state index contributed by atoms with van der Waals surface area (Å²) in [5, 5.41) is 10.5. The predicted molar refractivity (Wildman–Crippen MR) is 77.2 cm³/mol. The van der Waals surface area contributed by atoms with Crippen molar-refractivity contribution in [2.45, 2.75) is 71.8 Å². The van der Waals surface area contributed by atoms with Crippen LogP contribution in [0.4, 0.5) is 0 Å². The van der Waals surface area contributed by atoms with Crippen LogP contribution in [-0.2, 0) is 14.3 Å². The number of Topliss-reactive ketones (excluding diaryl/α,β-unsaturated/α-hetero) is 1. The lowest BCUT2D eigenvalue weighted by atomic mass is 9.67. The summed E-state index contributed by atoms with van der Waals surface area (Å²) in [6.45, 7) is 8.64. The minimum Gasteiger partial charge on any atom is -0.466 e. The van der Waals surface area contributed by atoms with Gasteiger partial charge in [-0.05, 0) is 43.9 Å². The molecule has 1 rings (SSSR count). The van der Waals surface area contributed by atoms with Gasteiger partial charge in [0.15, 0.2) is 0 Å². The third-order valence-corrected chi connectivity index (χ3v) is 4.31. The van der Waals surface area contributed by atoms with Gasteiger partial charge in [0.1, 0.15) is 12.2 Å². The molecular weight excluding hydrogens is 256 g/mol. The number of hydrogen-bond donors (Lipinski definition) is 1. The molecule has 1 fully saturated rings. The summed E-state index contributed by atoms with van der Waals surface area (Å²) >= 11 is 0. The molecular formula is C16H28O4. The van der Waals surface area contributed by atoms with Crippen LogP contribution in [0.2, 0.25) is 0 Å². The maximum atomic E-state index is 11.8. The molecule has 0 aliphatic heterocycles. The SMILES string of the molecule is CCOC(=O)CC(=O)CC1(O)CCC(C(C)(C)C)CC1. The highest BCUT2D eigenvalue weighted by Crippen LogP contribution is 2.42. The van der Waals surface area contributed by atoms with Crippen molar-refractivity contribution in [3.63, 3.8) is 0 Å². The second kappa shape index (κ2) is 6.70. The third kappa shape index (κ3) is 5.23. The molecule has 20 heavy (non-hydrogen) atoms. The van der Waals surface area contributed by atoms with Crippen molar-refractivity contribution >= 4 is 11.8 Å². The standard InChI is InChI=1S/C16H28O4/c1-5-20-14(18)10-13(17)11-16(19)8-6-12(7-9-16)15(2,3)4/h12,19H,5-11H2,1-4H3. The van der Waals surface area contributed by atoms with Gasteiger partial charge >= 0.3 is 5.97 Å². The average molecular weight is 284 g/mol. The molecule has 0 unspecified atom stereocenters. The largest absolute Gasteiger partial charge is 0.466 e. The Balaban J connectivity index is 2.45. The molecule has 0 aromatic heterocycles. The normalized spacial score (nSPS) is 27.1. The zero-order valence-corrected chi connectivity index (χ0v) is 13.2. The van der Waals surface area contributed by atoms with Crippen molar-refractivity contribution in [1.82, 2.24) is 0 Å². The van der Waals surface area contributed by atoms with E-state index in [-0.39, 0.29) is 30.6 Å². The summed E-state index contributed by atoms with van der Waals surface area (Å²) < 4.78 is 4.75. The van der Waals surface area contributed by atoms with Crippen LogP contribution in [0.15, 0.2) is 0 Å². The highest BCUT2D eigenvalue weighted by atomic mass is 16.5. The van der Waals surface area contributed by atoms with Crippen molar-refractivity contribution in [3.8, 4) is 0 Å². The minimum absolute atomic E-state index is 0.0721. The van der Waals surface area contributed by atoms with Gasteiger partial charge in [-0.3, -0.25) is 9.59 Å². The molecule has 116 valence electrons. The zero-order valence-electron chi connectivity index (χ0n) is 13.2. The van der Waals surface area contributed by atoms with E-state index in [1.165, 1.54) is 0 Å². The molecule has 0 amide bonds. The van der Waals surface area contributed by atoms with Gasteiger partial charge < -0.3 is 9.84 Å². The fourth-order valence-corrected chi connectivity index (χ4v) is 3.00. The van der Waals surface area contributed by atoms with Gasteiger partial charge in [-0.25, -0.2) is 0 Å². The molecule has 4 nitrogen and oxygen atoms in total. The number of ether oxygens (including phenoxy) is 1. The molecule has 1 saturated carbocycles. The van der Waals surface area contributed by atoms with E-state index in [9.17, 15) is 14.7 Å². The van der Waals surface area contributed by atoms with Crippen molar-refractivity contribution in [2.75, 3.05) is 6.61 Å². The summed E-state index contributed by atoms with van der Waals surface area (Å²) in [6.07, 6.45) is 3.01. The molecule has 0 aromatic carbocycles. The molecule has 0 heterocycles. The molecule has 0 aromatic rings. The number of carbonyl (C=O) groups is 2. The van der Waals surface area contributed by atoms with E-state index in [2.05, 4.69) is 20.8 Å². The van der Waals surface area contributed by atoms with E-state index in [1.807, 2.05) is 0 Å². The van der Waals surface area contributed by atoms with Crippen LogP contribution in [0.5, 0.6) is 0 Å². The summed E-state index contributed by atoms with van der Waals surface area (Å²) in [7, 11) is 0. The molecule has 1 aliphatic carbocycles. The molecule has 0 atom stereocenters.